The number of fused-ring (bicyclic) bond motifs is 5. The summed E-state index contributed by atoms with van der Waals surface area (Å²) in [5.41, 5.74) is 8.58. The van der Waals surface area contributed by atoms with Gasteiger partial charge in [0.05, 0.1) is 41.3 Å². The monoisotopic (exact) mass is 777 g/mol. The average Bonchev–Trinajstić information content (AvgIpc) is 3.77. The highest BCUT2D eigenvalue weighted by atomic mass is 32.2. The van der Waals surface area contributed by atoms with E-state index in [0.717, 1.165) is 44.0 Å². The second kappa shape index (κ2) is 18.3. The Hall–Kier alpha value is -3.98. The van der Waals surface area contributed by atoms with Crippen LogP contribution in [0.25, 0.3) is 16.5 Å². The number of hydrazine groups is 1. The van der Waals surface area contributed by atoms with E-state index in [2.05, 4.69) is 60.9 Å². The van der Waals surface area contributed by atoms with E-state index < -0.39 is 29.5 Å². The molecule has 1 unspecified atom stereocenters. The third kappa shape index (κ3) is 9.53. The molecule has 3 amide bonds. The number of hydrogen-bond donors (Lipinski definition) is 2. The average molecular weight is 778 g/mol. The fourth-order valence-electron chi connectivity index (χ4n) is 7.51. The van der Waals surface area contributed by atoms with E-state index >= 15 is 0 Å². The van der Waals surface area contributed by atoms with Gasteiger partial charge in [0.15, 0.2) is 0 Å². The Labute approximate surface area is 330 Å². The minimum absolute atomic E-state index is 0.143. The minimum atomic E-state index is -0.910. The lowest BCUT2D eigenvalue weighted by Crippen LogP contribution is -2.61. The summed E-state index contributed by atoms with van der Waals surface area (Å²) in [6.45, 7) is 18.0. The fraction of sp³-hybridized carbons (Fsp3) is 0.585. The number of carbonyl (C=O) groups excluding carboxylic acids is 3. The first-order valence-electron chi connectivity index (χ1n) is 19.3. The molecule has 4 heterocycles. The molecule has 0 saturated carbocycles. The number of rotatable bonds is 10. The third-order valence-electron chi connectivity index (χ3n) is 10.6. The van der Waals surface area contributed by atoms with Crippen molar-refractivity contribution in [3.05, 3.63) is 53.4 Å². The lowest BCUT2D eigenvalue weighted by molar-refractivity contribution is -0.155. The van der Waals surface area contributed by atoms with Crippen LogP contribution < -0.4 is 10.7 Å². The van der Waals surface area contributed by atoms with Gasteiger partial charge in [-0.2, -0.15) is 0 Å². The summed E-state index contributed by atoms with van der Waals surface area (Å²) in [6, 6.07) is 4.38. The van der Waals surface area contributed by atoms with Crippen molar-refractivity contribution >= 4 is 57.4 Å². The molecular formula is C41H59N7O6S. The summed E-state index contributed by atoms with van der Waals surface area (Å²) in [5.74, 6) is -0.0428. The van der Waals surface area contributed by atoms with Crippen molar-refractivity contribution in [2.75, 3.05) is 46.7 Å². The Kier molecular flexibility index (Phi) is 14.0. The molecule has 55 heavy (non-hydrogen) atoms. The first-order chi connectivity index (χ1) is 26.2. The molecule has 0 radical (unpaired) electrons. The largest absolute Gasteiger partial charge is 0.464 e. The normalized spacial score (nSPS) is 23.5. The number of ether oxygens (including phenoxy) is 3. The van der Waals surface area contributed by atoms with Gasteiger partial charge in [-0.25, -0.2) is 10.2 Å². The standard InChI is InChI=1S/C41H59N7O6S/c1-11-28(36(42-12-2)26(5)53-10)37-30-21-41(6,7)24-54-39(50)31-15-14-18-48(45-31)38(49)32(44-40(51)46(8)22-25(4)52-9)20-35-43-33(23-55-35)27-16-17-34(29(30)19-27)47(37)13-3/h11-12,16-17,19,25-26,31-33,45H,1,13-15,18,20-24H2,2-10H3,(H,44,51)/b36-28+,42-12-/t25-,26-,31-,32-,33?/m0/s1. The maximum atomic E-state index is 14.2. The SMILES string of the molecule is C=C/C(=C(\N=C/C)[C@H](C)OC)c1c2c3cc(ccc3n1CC)C1CSC(=N1)C[C@H](NC(=O)N(C)C[C@H](C)OC)C(=O)N1CCC[C@H](N1)C(=O)OCC(C)(C)C2. The Morgan fingerprint density at radius 3 is 2.71 bits per heavy atom. The number of methoxy groups -OCH3 is 2. The molecule has 300 valence electrons. The van der Waals surface area contributed by atoms with Gasteiger partial charge in [0, 0.05) is 81.2 Å². The van der Waals surface area contributed by atoms with Crippen molar-refractivity contribution < 1.29 is 28.6 Å². The van der Waals surface area contributed by atoms with Crippen LogP contribution in [-0.2, 0) is 36.8 Å². The predicted octanol–water partition coefficient (Wildman–Crippen LogP) is 5.93. The van der Waals surface area contributed by atoms with Crippen molar-refractivity contribution in [3.63, 3.8) is 0 Å². The topological polar surface area (TPSA) is 139 Å². The van der Waals surface area contributed by atoms with E-state index in [1.807, 2.05) is 26.8 Å². The van der Waals surface area contributed by atoms with Crippen LogP contribution in [0.15, 0.2) is 46.5 Å². The molecule has 2 aromatic rings. The van der Waals surface area contributed by atoms with Gasteiger partial charge in [0.2, 0.25) is 0 Å². The number of cyclic esters (lactones) is 1. The molecule has 13 nitrogen and oxygen atoms in total. The van der Waals surface area contributed by atoms with Gasteiger partial charge >= 0.3 is 12.0 Å². The number of likely N-dealkylation sites (N-methyl/N-ethyl adjacent to an activating group) is 1. The zero-order chi connectivity index (χ0) is 40.0. The Morgan fingerprint density at radius 2 is 2.04 bits per heavy atom. The molecule has 0 aliphatic carbocycles. The van der Waals surface area contributed by atoms with Crippen molar-refractivity contribution in [2.24, 2.45) is 15.4 Å². The lowest BCUT2D eigenvalue weighted by atomic mass is 9.84. The first-order valence-corrected chi connectivity index (χ1v) is 20.3. The number of esters is 1. The lowest BCUT2D eigenvalue weighted by Gasteiger charge is -2.36. The zero-order valence-corrected chi connectivity index (χ0v) is 34.8. The number of aliphatic imine (C=N–C) groups is 2. The quantitative estimate of drug-likeness (QED) is 0.172. The van der Waals surface area contributed by atoms with Gasteiger partial charge in [-0.3, -0.25) is 24.6 Å². The predicted molar refractivity (Wildman–Crippen MR) is 220 cm³/mol. The molecule has 3 aliphatic rings. The number of amides is 3. The Bertz CT molecular complexity index is 1850. The maximum Gasteiger partial charge on any atom is 0.324 e. The van der Waals surface area contributed by atoms with Crippen molar-refractivity contribution in [3.8, 4) is 0 Å². The second-order valence-electron chi connectivity index (χ2n) is 15.4. The van der Waals surface area contributed by atoms with Crippen LogP contribution in [0.4, 0.5) is 4.79 Å². The molecule has 5 atom stereocenters. The van der Waals surface area contributed by atoms with E-state index in [0.29, 0.717) is 44.6 Å². The Balaban J connectivity index is 1.65. The summed E-state index contributed by atoms with van der Waals surface area (Å²) in [5, 5.41) is 6.30. The molecule has 1 aromatic carbocycles. The number of hydrogen-bond acceptors (Lipinski definition) is 10. The van der Waals surface area contributed by atoms with E-state index in [4.69, 9.17) is 24.2 Å². The highest BCUT2D eigenvalue weighted by Crippen LogP contribution is 2.41. The Morgan fingerprint density at radius 1 is 1.27 bits per heavy atom. The highest BCUT2D eigenvalue weighted by Gasteiger charge is 2.37. The van der Waals surface area contributed by atoms with Crippen LogP contribution in [0, 0.1) is 5.41 Å². The van der Waals surface area contributed by atoms with Gasteiger partial charge in [-0.1, -0.05) is 32.6 Å². The van der Waals surface area contributed by atoms with Crippen LogP contribution in [0.2, 0.25) is 0 Å². The van der Waals surface area contributed by atoms with Crippen LogP contribution in [0.3, 0.4) is 0 Å². The number of benzene rings is 1. The molecule has 3 aliphatic heterocycles. The van der Waals surface area contributed by atoms with Crippen LogP contribution >= 0.6 is 11.8 Å². The van der Waals surface area contributed by atoms with Crippen LogP contribution in [0.5, 0.6) is 0 Å². The van der Waals surface area contributed by atoms with Gasteiger partial charge < -0.3 is 29.0 Å². The number of carbonyl (C=O) groups is 3. The maximum absolute atomic E-state index is 14.2. The van der Waals surface area contributed by atoms with Crippen molar-refractivity contribution in [1.82, 2.24) is 25.2 Å². The van der Waals surface area contributed by atoms with Crippen molar-refractivity contribution in [1.29, 1.82) is 0 Å². The molecular weight excluding hydrogens is 719 g/mol. The second-order valence-corrected chi connectivity index (χ2v) is 16.5. The number of thioether (sulfide) groups is 1. The van der Waals surface area contributed by atoms with Crippen LogP contribution in [0.1, 0.15) is 83.7 Å². The summed E-state index contributed by atoms with van der Waals surface area (Å²) >= 11 is 1.60. The van der Waals surface area contributed by atoms with Gasteiger partial charge in [0.25, 0.3) is 5.91 Å². The molecule has 5 rings (SSSR count). The molecule has 14 heteroatoms. The van der Waals surface area contributed by atoms with Crippen molar-refractivity contribution in [2.45, 2.75) is 104 Å². The third-order valence-corrected chi connectivity index (χ3v) is 11.7. The summed E-state index contributed by atoms with van der Waals surface area (Å²) in [7, 11) is 4.95. The summed E-state index contributed by atoms with van der Waals surface area (Å²) in [6.07, 6.45) is 5.11. The smallest absolute Gasteiger partial charge is 0.324 e. The highest BCUT2D eigenvalue weighted by molar-refractivity contribution is 8.14. The zero-order valence-electron chi connectivity index (χ0n) is 33.9. The minimum Gasteiger partial charge on any atom is -0.464 e. The molecule has 0 spiro atoms. The fourth-order valence-corrected chi connectivity index (χ4v) is 8.62. The number of nitrogens with one attached hydrogen (secondary N) is 2. The summed E-state index contributed by atoms with van der Waals surface area (Å²) in [4.78, 5) is 52.7. The molecule has 1 saturated heterocycles. The molecule has 1 aromatic heterocycles. The van der Waals surface area contributed by atoms with Gasteiger partial charge in [0.1, 0.15) is 12.1 Å². The van der Waals surface area contributed by atoms with E-state index in [-0.39, 0.29) is 37.2 Å². The van der Waals surface area contributed by atoms with E-state index in [9.17, 15) is 14.4 Å². The summed E-state index contributed by atoms with van der Waals surface area (Å²) < 4.78 is 19.5. The number of urea groups is 1. The number of allylic oxidation sites excluding steroid dienone is 2. The molecule has 1 fully saturated rings. The molecule has 2 N–H and O–H groups in total. The van der Waals surface area contributed by atoms with Gasteiger partial charge in [-0.05, 0) is 70.2 Å². The van der Waals surface area contributed by atoms with E-state index in [1.165, 1.54) is 9.91 Å². The van der Waals surface area contributed by atoms with E-state index in [1.54, 1.807) is 39.2 Å². The number of aromatic nitrogens is 1. The molecule has 6 bridgehead atoms. The van der Waals surface area contributed by atoms with Gasteiger partial charge in [-0.15, -0.1) is 11.8 Å². The first kappa shape index (κ1) is 42.2. The number of nitrogens with zero attached hydrogens (tertiary/aromatic N) is 5. The number of aryl methyl sites for hydroxylation is 1. The van der Waals surface area contributed by atoms with Crippen LogP contribution in [-0.4, -0.2) is 115 Å².